The molecule has 3 rings (SSSR count). The quantitative estimate of drug-likeness (QED) is 0.616. The van der Waals surface area contributed by atoms with Crippen LogP contribution in [0.25, 0.3) is 0 Å². The molecule has 12 heavy (non-hydrogen) atoms. The van der Waals surface area contributed by atoms with E-state index in [1.165, 1.54) is 32.5 Å². The first-order chi connectivity index (χ1) is 5.86. The van der Waals surface area contributed by atoms with Crippen molar-refractivity contribution in [2.45, 2.75) is 31.8 Å². The predicted octanol–water partition coefficient (Wildman–Crippen LogP) is 0.689. The highest BCUT2D eigenvalue weighted by Gasteiger charge is 2.49. The standard InChI is InChI=1S/C10H18N2/c1-7-2-3-12(7)10-8-4-9(10)6-11-5-8/h7-11H,2-6H2,1H3. The Bertz CT molecular complexity index is 178. The third-order valence-corrected chi connectivity index (χ3v) is 4.14. The fourth-order valence-corrected chi connectivity index (χ4v) is 3.24. The minimum absolute atomic E-state index is 0.887. The molecule has 1 N–H and O–H groups in total. The number of hydrogen-bond donors (Lipinski definition) is 1. The molecular formula is C10H18N2. The summed E-state index contributed by atoms with van der Waals surface area (Å²) in [4.78, 5) is 2.74. The third kappa shape index (κ3) is 0.826. The first-order valence-corrected chi connectivity index (χ1v) is 5.32. The highest BCUT2D eigenvalue weighted by atomic mass is 15.3. The number of hydrogen-bond acceptors (Lipinski definition) is 2. The summed E-state index contributed by atoms with van der Waals surface area (Å²) in [6, 6.07) is 1.85. The maximum Gasteiger partial charge on any atom is 0.0179 e. The Hall–Kier alpha value is -0.0800. The monoisotopic (exact) mass is 166 g/mol. The molecule has 1 saturated carbocycles. The van der Waals surface area contributed by atoms with Crippen LogP contribution in [0.3, 0.4) is 0 Å². The van der Waals surface area contributed by atoms with Crippen LogP contribution < -0.4 is 5.32 Å². The summed E-state index contributed by atoms with van der Waals surface area (Å²) in [5.74, 6) is 1.98. The molecule has 3 atom stereocenters. The maximum absolute atomic E-state index is 3.51. The molecule has 2 saturated heterocycles. The van der Waals surface area contributed by atoms with Crippen molar-refractivity contribution >= 4 is 0 Å². The van der Waals surface area contributed by atoms with E-state index in [1.807, 2.05) is 0 Å². The van der Waals surface area contributed by atoms with Crippen LogP contribution in [0.1, 0.15) is 19.8 Å². The van der Waals surface area contributed by atoms with Gasteiger partial charge in [0.15, 0.2) is 0 Å². The van der Waals surface area contributed by atoms with Crippen LogP contribution in [-0.4, -0.2) is 36.6 Å². The van der Waals surface area contributed by atoms with Crippen molar-refractivity contribution < 1.29 is 0 Å². The fourth-order valence-electron chi connectivity index (χ4n) is 3.24. The van der Waals surface area contributed by atoms with Gasteiger partial charge in [0.1, 0.15) is 0 Å². The first-order valence-electron chi connectivity index (χ1n) is 5.32. The molecule has 2 bridgehead atoms. The Morgan fingerprint density at radius 2 is 2.00 bits per heavy atom. The Morgan fingerprint density at radius 3 is 2.42 bits per heavy atom. The number of piperidine rings is 2. The largest absolute Gasteiger partial charge is 0.316 e. The Balaban J connectivity index is 1.69. The van der Waals surface area contributed by atoms with Crippen molar-refractivity contribution in [2.75, 3.05) is 19.6 Å². The fraction of sp³-hybridized carbons (Fsp3) is 1.00. The van der Waals surface area contributed by atoms with E-state index >= 15 is 0 Å². The number of nitrogens with one attached hydrogen (secondary N) is 1. The number of fused-ring (bicyclic) bond motifs is 2. The zero-order valence-electron chi connectivity index (χ0n) is 7.79. The second-order valence-corrected chi connectivity index (χ2v) is 4.78. The molecule has 2 heterocycles. The van der Waals surface area contributed by atoms with Gasteiger partial charge >= 0.3 is 0 Å². The smallest absolute Gasteiger partial charge is 0.0179 e. The second-order valence-electron chi connectivity index (χ2n) is 4.78. The highest BCUT2D eigenvalue weighted by molar-refractivity contribution is 5.04. The lowest BCUT2D eigenvalue weighted by Crippen LogP contribution is -2.68. The molecule has 0 aromatic carbocycles. The molecule has 2 aliphatic heterocycles. The first kappa shape index (κ1) is 7.34. The van der Waals surface area contributed by atoms with Crippen LogP contribution in [0.15, 0.2) is 0 Å². The van der Waals surface area contributed by atoms with Crippen LogP contribution in [0.5, 0.6) is 0 Å². The van der Waals surface area contributed by atoms with Gasteiger partial charge < -0.3 is 5.32 Å². The van der Waals surface area contributed by atoms with Crippen molar-refractivity contribution in [1.82, 2.24) is 10.2 Å². The lowest BCUT2D eigenvalue weighted by molar-refractivity contribution is -0.0829. The molecule has 1 aliphatic carbocycles. The van der Waals surface area contributed by atoms with Crippen molar-refractivity contribution in [1.29, 1.82) is 0 Å². The van der Waals surface area contributed by atoms with Gasteiger partial charge in [-0.25, -0.2) is 0 Å². The zero-order chi connectivity index (χ0) is 8.13. The molecule has 0 aromatic rings. The summed E-state index contributed by atoms with van der Waals surface area (Å²) in [5.41, 5.74) is 0. The van der Waals surface area contributed by atoms with Gasteiger partial charge in [0.05, 0.1) is 0 Å². The van der Waals surface area contributed by atoms with Gasteiger partial charge in [0.25, 0.3) is 0 Å². The average Bonchev–Trinajstić information content (AvgIpc) is 2.12. The number of nitrogens with zero attached hydrogens (tertiary/aromatic N) is 1. The van der Waals surface area contributed by atoms with Gasteiger partial charge in [-0.15, -0.1) is 0 Å². The third-order valence-electron chi connectivity index (χ3n) is 4.14. The van der Waals surface area contributed by atoms with E-state index in [2.05, 4.69) is 17.1 Å². The van der Waals surface area contributed by atoms with Crippen LogP contribution in [0, 0.1) is 11.8 Å². The van der Waals surface area contributed by atoms with E-state index in [-0.39, 0.29) is 0 Å². The molecule has 2 nitrogen and oxygen atoms in total. The molecule has 2 heteroatoms. The second kappa shape index (κ2) is 2.46. The predicted molar refractivity (Wildman–Crippen MR) is 49.0 cm³/mol. The molecule has 3 aliphatic rings. The SMILES string of the molecule is CC1CCN1C1C2CNCC1C2. The molecule has 0 amide bonds. The van der Waals surface area contributed by atoms with Crippen molar-refractivity contribution in [3.05, 3.63) is 0 Å². The van der Waals surface area contributed by atoms with Gasteiger partial charge in [-0.05, 0) is 44.7 Å². The van der Waals surface area contributed by atoms with Crippen LogP contribution in [-0.2, 0) is 0 Å². The van der Waals surface area contributed by atoms with Gasteiger partial charge in [-0.3, -0.25) is 4.90 Å². The Kier molecular flexibility index (Phi) is 1.50. The van der Waals surface area contributed by atoms with Gasteiger partial charge in [-0.2, -0.15) is 0 Å². The lowest BCUT2D eigenvalue weighted by atomic mass is 9.65. The zero-order valence-corrected chi connectivity index (χ0v) is 7.79. The Labute approximate surface area is 74.3 Å². The molecule has 0 radical (unpaired) electrons. The summed E-state index contributed by atoms with van der Waals surface area (Å²) in [6.07, 6.45) is 2.93. The molecule has 0 spiro atoms. The van der Waals surface area contributed by atoms with Gasteiger partial charge in [0, 0.05) is 18.6 Å². The molecule has 0 aromatic heterocycles. The summed E-state index contributed by atoms with van der Waals surface area (Å²) in [6.45, 7) is 6.32. The summed E-state index contributed by atoms with van der Waals surface area (Å²) >= 11 is 0. The highest BCUT2D eigenvalue weighted by Crippen LogP contribution is 2.43. The van der Waals surface area contributed by atoms with E-state index in [9.17, 15) is 0 Å². The van der Waals surface area contributed by atoms with E-state index < -0.39 is 0 Å². The molecule has 3 unspecified atom stereocenters. The van der Waals surface area contributed by atoms with E-state index in [4.69, 9.17) is 0 Å². The van der Waals surface area contributed by atoms with E-state index in [0.717, 1.165) is 23.9 Å². The van der Waals surface area contributed by atoms with Crippen molar-refractivity contribution in [2.24, 2.45) is 11.8 Å². The summed E-state index contributed by atoms with van der Waals surface area (Å²) < 4.78 is 0. The van der Waals surface area contributed by atoms with Crippen LogP contribution in [0.4, 0.5) is 0 Å². The lowest BCUT2D eigenvalue weighted by Gasteiger charge is -2.59. The number of likely N-dealkylation sites (tertiary alicyclic amines) is 1. The molecular weight excluding hydrogens is 148 g/mol. The van der Waals surface area contributed by atoms with E-state index in [0.29, 0.717) is 0 Å². The molecule has 3 fully saturated rings. The van der Waals surface area contributed by atoms with E-state index in [1.54, 1.807) is 0 Å². The average molecular weight is 166 g/mol. The Morgan fingerprint density at radius 1 is 1.25 bits per heavy atom. The van der Waals surface area contributed by atoms with Crippen LogP contribution in [0.2, 0.25) is 0 Å². The normalized spacial score (nSPS) is 52.8. The van der Waals surface area contributed by atoms with Gasteiger partial charge in [0.2, 0.25) is 0 Å². The topological polar surface area (TPSA) is 15.3 Å². The number of rotatable bonds is 1. The minimum Gasteiger partial charge on any atom is -0.316 e. The minimum atomic E-state index is 0.887. The van der Waals surface area contributed by atoms with Crippen molar-refractivity contribution in [3.63, 3.8) is 0 Å². The summed E-state index contributed by atoms with van der Waals surface area (Å²) in [7, 11) is 0. The van der Waals surface area contributed by atoms with Crippen molar-refractivity contribution in [3.8, 4) is 0 Å². The maximum atomic E-state index is 3.51. The summed E-state index contributed by atoms with van der Waals surface area (Å²) in [5, 5.41) is 3.51. The molecule has 68 valence electrons. The van der Waals surface area contributed by atoms with Gasteiger partial charge in [-0.1, -0.05) is 0 Å². The van der Waals surface area contributed by atoms with Crippen LogP contribution >= 0.6 is 0 Å².